The molecule has 0 radical (unpaired) electrons. The average molecular weight is 734 g/mol. The quantitative estimate of drug-likeness (QED) is 0.143. The summed E-state index contributed by atoms with van der Waals surface area (Å²) in [6.45, 7) is 7.62. The Morgan fingerprint density at radius 1 is 1.06 bits per heavy atom. The van der Waals surface area contributed by atoms with Gasteiger partial charge >= 0.3 is 25.9 Å². The van der Waals surface area contributed by atoms with Crippen LogP contribution < -0.4 is 9.84 Å². The number of alkyl carbamates (subject to hydrolysis) is 1. The summed E-state index contributed by atoms with van der Waals surface area (Å²) in [4.78, 5) is 36.8. The van der Waals surface area contributed by atoms with Crippen molar-refractivity contribution in [2.24, 2.45) is 5.41 Å². The molecule has 0 spiro atoms. The lowest BCUT2D eigenvalue weighted by Crippen LogP contribution is -2.47. The van der Waals surface area contributed by atoms with Crippen molar-refractivity contribution in [3.8, 4) is 5.75 Å². The van der Waals surface area contributed by atoms with Gasteiger partial charge in [0, 0.05) is 18.6 Å². The number of nitrogens with one attached hydrogen (secondary N) is 1. The van der Waals surface area contributed by atoms with Crippen LogP contribution in [0.4, 0.5) is 4.79 Å². The molecule has 0 bridgehead atoms. The van der Waals surface area contributed by atoms with E-state index in [2.05, 4.69) is 5.32 Å². The topological polar surface area (TPSA) is 179 Å². The molecule has 266 valence electrons. The molecular formula is C31H41ClNO13PS. The first-order chi connectivity index (χ1) is 22.4. The standard InChI is InChI=1S/C31H41ClNO13PS/c1-7-27(34)42-16-21-8-12-23(13-9-21)45-47(37,40-6)46-28-25(17-41-26(28)18-43-29(35)31(3,4)5)33-30(36)44-20(2)19-48(38,39)24-14-10-22(32)11-15-24/h8-15,20,25-26,28H,7,16-19H2,1-6H3,(H,33,36)/t20?,25?,26-,28?,47?/m1/s1. The number of hydrogen-bond donors (Lipinski definition) is 1. The lowest BCUT2D eigenvalue weighted by molar-refractivity contribution is -0.157. The summed E-state index contributed by atoms with van der Waals surface area (Å²) in [6, 6.07) is 10.7. The van der Waals surface area contributed by atoms with Gasteiger partial charge in [-0.1, -0.05) is 30.7 Å². The molecule has 1 aliphatic heterocycles. The Kier molecular flexibility index (Phi) is 13.9. The fraction of sp³-hybridized carbons (Fsp3) is 0.516. The SMILES string of the molecule is CCC(=O)OCc1ccc(OP(=O)(OC)OC2C(NC(=O)OC(C)CS(=O)(=O)c3ccc(Cl)cc3)CO[C@@H]2COC(=O)C(C)(C)C)cc1. The van der Waals surface area contributed by atoms with E-state index in [0.717, 1.165) is 7.11 Å². The fourth-order valence-electron chi connectivity index (χ4n) is 4.20. The van der Waals surface area contributed by atoms with Crippen LogP contribution in [-0.4, -0.2) is 76.9 Å². The van der Waals surface area contributed by atoms with Crippen LogP contribution in [-0.2, 0) is 58.6 Å². The molecule has 1 aliphatic rings. The zero-order chi connectivity index (χ0) is 35.7. The second kappa shape index (κ2) is 17.0. The van der Waals surface area contributed by atoms with Gasteiger partial charge in [-0.3, -0.25) is 18.6 Å². The van der Waals surface area contributed by atoms with Gasteiger partial charge in [-0.05, 0) is 69.7 Å². The molecule has 1 saturated heterocycles. The molecule has 0 saturated carbocycles. The van der Waals surface area contributed by atoms with Gasteiger partial charge in [0.25, 0.3) is 0 Å². The molecule has 2 aromatic rings. The van der Waals surface area contributed by atoms with Crippen LogP contribution in [0.2, 0.25) is 5.02 Å². The minimum absolute atomic E-state index is 0.0120. The molecule has 0 aliphatic carbocycles. The van der Waals surface area contributed by atoms with Crippen molar-refractivity contribution in [2.45, 2.75) is 76.9 Å². The van der Waals surface area contributed by atoms with Crippen LogP contribution >= 0.6 is 19.4 Å². The number of phosphoric ester groups is 1. The summed E-state index contributed by atoms with van der Waals surface area (Å²) in [5, 5.41) is 2.92. The van der Waals surface area contributed by atoms with E-state index < -0.39 is 65.2 Å². The smallest absolute Gasteiger partial charge is 0.462 e. The van der Waals surface area contributed by atoms with Gasteiger partial charge in [0.15, 0.2) is 9.84 Å². The van der Waals surface area contributed by atoms with Crippen molar-refractivity contribution in [3.05, 3.63) is 59.1 Å². The molecular weight excluding hydrogens is 693 g/mol. The molecule has 2 aromatic carbocycles. The highest BCUT2D eigenvalue weighted by molar-refractivity contribution is 7.91. The van der Waals surface area contributed by atoms with E-state index >= 15 is 0 Å². The number of amides is 1. The Bertz CT molecular complexity index is 1560. The molecule has 3 rings (SSSR count). The normalized spacial score (nSPS) is 19.9. The number of halogens is 1. The van der Waals surface area contributed by atoms with Crippen molar-refractivity contribution < 1.29 is 59.9 Å². The van der Waals surface area contributed by atoms with Crippen molar-refractivity contribution in [1.82, 2.24) is 5.32 Å². The third kappa shape index (κ3) is 11.7. The minimum Gasteiger partial charge on any atom is -0.462 e. The number of ether oxygens (including phenoxy) is 4. The van der Waals surface area contributed by atoms with E-state index in [-0.39, 0.29) is 42.9 Å². The maximum atomic E-state index is 13.7. The van der Waals surface area contributed by atoms with Crippen LogP contribution in [0.3, 0.4) is 0 Å². The van der Waals surface area contributed by atoms with Crippen molar-refractivity contribution in [3.63, 3.8) is 0 Å². The Labute approximate surface area is 285 Å². The average Bonchev–Trinajstić information content (AvgIpc) is 3.38. The Hall–Kier alpha value is -3.20. The number of carbonyl (C=O) groups is 3. The molecule has 1 heterocycles. The lowest BCUT2D eigenvalue weighted by Gasteiger charge is -2.27. The maximum absolute atomic E-state index is 13.7. The molecule has 1 N–H and O–H groups in total. The summed E-state index contributed by atoms with van der Waals surface area (Å²) < 4.78 is 77.4. The second-order valence-electron chi connectivity index (χ2n) is 11.9. The summed E-state index contributed by atoms with van der Waals surface area (Å²) in [5.74, 6) is -1.31. The zero-order valence-electron chi connectivity index (χ0n) is 27.5. The maximum Gasteiger partial charge on any atom is 0.530 e. The predicted octanol–water partition coefficient (Wildman–Crippen LogP) is 5.26. The number of phosphoric acid groups is 1. The number of rotatable bonds is 15. The van der Waals surface area contributed by atoms with Crippen molar-refractivity contribution in [1.29, 1.82) is 0 Å². The Morgan fingerprint density at radius 3 is 2.29 bits per heavy atom. The highest BCUT2D eigenvalue weighted by atomic mass is 35.5. The van der Waals surface area contributed by atoms with Crippen LogP contribution in [0.25, 0.3) is 0 Å². The molecule has 48 heavy (non-hydrogen) atoms. The van der Waals surface area contributed by atoms with Gasteiger partial charge in [0.1, 0.15) is 37.3 Å². The summed E-state index contributed by atoms with van der Waals surface area (Å²) >= 11 is 5.85. The van der Waals surface area contributed by atoms with Gasteiger partial charge < -0.3 is 28.8 Å². The number of esters is 2. The lowest BCUT2D eigenvalue weighted by atomic mass is 9.97. The summed E-state index contributed by atoms with van der Waals surface area (Å²) in [5.41, 5.74) is -0.176. The predicted molar refractivity (Wildman–Crippen MR) is 173 cm³/mol. The van der Waals surface area contributed by atoms with Gasteiger partial charge in [-0.15, -0.1) is 0 Å². The first kappa shape index (κ1) is 39.2. The number of benzene rings is 2. The summed E-state index contributed by atoms with van der Waals surface area (Å²) in [7, 11) is -7.12. The Morgan fingerprint density at radius 2 is 1.71 bits per heavy atom. The third-order valence-electron chi connectivity index (χ3n) is 6.79. The first-order valence-electron chi connectivity index (χ1n) is 15.0. The van der Waals surface area contributed by atoms with Gasteiger partial charge in [0.05, 0.1) is 28.7 Å². The van der Waals surface area contributed by atoms with E-state index in [1.54, 1.807) is 39.8 Å². The van der Waals surface area contributed by atoms with E-state index in [1.165, 1.54) is 43.3 Å². The number of sulfone groups is 1. The molecule has 1 amide bonds. The Balaban J connectivity index is 1.72. The van der Waals surface area contributed by atoms with E-state index in [4.69, 9.17) is 44.1 Å². The molecule has 0 aromatic heterocycles. The minimum atomic E-state index is -4.40. The van der Waals surface area contributed by atoms with E-state index in [9.17, 15) is 27.4 Å². The van der Waals surface area contributed by atoms with Gasteiger partial charge in [-0.25, -0.2) is 17.8 Å². The van der Waals surface area contributed by atoms with Gasteiger partial charge in [0.2, 0.25) is 0 Å². The van der Waals surface area contributed by atoms with Crippen molar-refractivity contribution in [2.75, 3.05) is 26.1 Å². The highest BCUT2D eigenvalue weighted by Crippen LogP contribution is 2.51. The summed E-state index contributed by atoms with van der Waals surface area (Å²) in [6.07, 6.45) is -4.10. The molecule has 1 fully saturated rings. The molecule has 17 heteroatoms. The third-order valence-corrected chi connectivity index (χ3v) is 10.3. The van der Waals surface area contributed by atoms with Crippen LogP contribution in [0.15, 0.2) is 53.4 Å². The fourth-order valence-corrected chi connectivity index (χ4v) is 6.92. The largest absolute Gasteiger partial charge is 0.530 e. The van der Waals surface area contributed by atoms with Crippen LogP contribution in [0.1, 0.15) is 46.6 Å². The van der Waals surface area contributed by atoms with Crippen molar-refractivity contribution >= 4 is 47.3 Å². The van der Waals surface area contributed by atoms with Crippen LogP contribution in [0, 0.1) is 5.41 Å². The molecule has 14 nitrogen and oxygen atoms in total. The van der Waals surface area contributed by atoms with Crippen LogP contribution in [0.5, 0.6) is 5.75 Å². The van der Waals surface area contributed by atoms with E-state index in [1.807, 2.05) is 0 Å². The first-order valence-corrected chi connectivity index (χ1v) is 18.5. The highest BCUT2D eigenvalue weighted by Gasteiger charge is 2.46. The number of hydrogen-bond acceptors (Lipinski definition) is 13. The van der Waals surface area contributed by atoms with Gasteiger partial charge in [-0.2, -0.15) is 0 Å². The monoisotopic (exact) mass is 733 g/mol. The zero-order valence-corrected chi connectivity index (χ0v) is 30.0. The molecule has 4 unspecified atom stereocenters. The molecule has 5 atom stereocenters. The second-order valence-corrected chi connectivity index (χ2v) is 16.0. The van der Waals surface area contributed by atoms with E-state index in [0.29, 0.717) is 10.6 Å². The number of carbonyl (C=O) groups excluding carboxylic acids is 3.